The fourth-order valence-electron chi connectivity index (χ4n) is 5.27. The van der Waals surface area contributed by atoms with E-state index in [1.165, 1.54) is 12.1 Å². The molecule has 0 radical (unpaired) electrons. The Morgan fingerprint density at radius 3 is 2.59 bits per heavy atom. The number of hydrogen-bond donors (Lipinski definition) is 3. The van der Waals surface area contributed by atoms with E-state index in [1.807, 2.05) is 0 Å². The fraction of sp³-hybridized carbons (Fsp3) is 0.286. The standard InChI is InChI=1S/C28H27Cl2N3O5S/c1-15-25(31-16(2)26(15)28(36)33-10-4-5-17(33)13-34)12-20-19-11-18(8-9-24(19)32-27(20)35)39(37,38)14-21-22(29)6-3-7-23(21)30/h3,6-9,11-12,17,31,34H,4-5,10,13-14H2,1-2H3,(H,32,35)/t17-/m1/s1. The van der Waals surface area contributed by atoms with E-state index in [0.29, 0.717) is 45.9 Å². The molecule has 5 rings (SSSR count). The Kier molecular flexibility index (Phi) is 7.37. The Balaban J connectivity index is 1.50. The Hall–Kier alpha value is -3.11. The minimum absolute atomic E-state index is 0.0268. The molecule has 3 aromatic rings. The molecule has 3 heterocycles. The number of aliphatic hydroxyl groups is 1. The molecule has 2 aromatic carbocycles. The van der Waals surface area contributed by atoms with Crippen molar-refractivity contribution in [2.24, 2.45) is 0 Å². The molecule has 1 atom stereocenters. The van der Waals surface area contributed by atoms with Crippen LogP contribution in [0.3, 0.4) is 0 Å². The van der Waals surface area contributed by atoms with Crippen molar-refractivity contribution in [1.29, 1.82) is 0 Å². The highest BCUT2D eigenvalue weighted by molar-refractivity contribution is 7.90. The van der Waals surface area contributed by atoms with Gasteiger partial charge in [0.05, 0.1) is 34.4 Å². The minimum atomic E-state index is -3.85. The third kappa shape index (κ3) is 5.00. The van der Waals surface area contributed by atoms with Gasteiger partial charge in [-0.15, -0.1) is 0 Å². The highest BCUT2D eigenvalue weighted by Crippen LogP contribution is 2.37. The molecule has 8 nitrogen and oxygen atoms in total. The molecule has 1 fully saturated rings. The molecule has 39 heavy (non-hydrogen) atoms. The first-order valence-electron chi connectivity index (χ1n) is 12.5. The molecule has 1 aromatic heterocycles. The predicted octanol–water partition coefficient (Wildman–Crippen LogP) is 5.00. The lowest BCUT2D eigenvalue weighted by molar-refractivity contribution is -0.110. The number of sulfone groups is 1. The Bertz CT molecular complexity index is 1620. The number of H-pyrrole nitrogens is 1. The van der Waals surface area contributed by atoms with E-state index in [-0.39, 0.29) is 45.0 Å². The molecule has 204 valence electrons. The summed E-state index contributed by atoms with van der Waals surface area (Å²) in [5.74, 6) is -0.936. The average molecular weight is 589 g/mol. The molecule has 0 spiro atoms. The van der Waals surface area contributed by atoms with E-state index in [4.69, 9.17) is 23.2 Å². The number of anilines is 1. The summed E-state index contributed by atoms with van der Waals surface area (Å²) in [6, 6.07) is 9.06. The topological polar surface area (TPSA) is 120 Å². The van der Waals surface area contributed by atoms with Gasteiger partial charge in [-0.3, -0.25) is 9.59 Å². The van der Waals surface area contributed by atoms with Gasteiger partial charge in [0.2, 0.25) is 0 Å². The molecule has 3 N–H and O–H groups in total. The molecule has 0 bridgehead atoms. The molecule has 2 aliphatic heterocycles. The maximum atomic E-state index is 13.3. The zero-order valence-corrected chi connectivity index (χ0v) is 23.7. The summed E-state index contributed by atoms with van der Waals surface area (Å²) in [5.41, 5.74) is 3.91. The zero-order chi connectivity index (χ0) is 28.1. The van der Waals surface area contributed by atoms with Crippen molar-refractivity contribution >= 4 is 62.2 Å². The third-order valence-corrected chi connectivity index (χ3v) is 9.71. The smallest absolute Gasteiger partial charge is 0.256 e. The number of halogens is 2. The highest BCUT2D eigenvalue weighted by Gasteiger charge is 2.32. The van der Waals surface area contributed by atoms with E-state index in [1.54, 1.807) is 49.1 Å². The SMILES string of the molecule is Cc1[nH]c(C=C2C(=O)Nc3ccc(S(=O)(=O)Cc4c(Cl)cccc4Cl)cc32)c(C)c1C(=O)N1CCC[C@@H]1CO. The van der Waals surface area contributed by atoms with E-state index >= 15 is 0 Å². The summed E-state index contributed by atoms with van der Waals surface area (Å²) in [6.45, 7) is 4.08. The van der Waals surface area contributed by atoms with Gasteiger partial charge < -0.3 is 20.3 Å². The van der Waals surface area contributed by atoms with Gasteiger partial charge in [-0.25, -0.2) is 8.42 Å². The summed E-state index contributed by atoms with van der Waals surface area (Å²) in [4.78, 5) is 31.2. The number of amides is 2. The second-order valence-electron chi connectivity index (χ2n) is 9.82. The number of rotatable bonds is 6. The van der Waals surface area contributed by atoms with Crippen LogP contribution in [0.4, 0.5) is 5.69 Å². The largest absolute Gasteiger partial charge is 0.394 e. The van der Waals surface area contributed by atoms with Gasteiger partial charge in [-0.05, 0) is 68.7 Å². The second-order valence-corrected chi connectivity index (χ2v) is 12.6. The number of aromatic amines is 1. The highest BCUT2D eigenvalue weighted by atomic mass is 35.5. The van der Waals surface area contributed by atoms with Gasteiger partial charge in [0.15, 0.2) is 9.84 Å². The van der Waals surface area contributed by atoms with E-state index in [0.717, 1.165) is 12.8 Å². The molecule has 2 amide bonds. The van der Waals surface area contributed by atoms with Crippen LogP contribution in [0.1, 0.15) is 51.3 Å². The molecular formula is C28H27Cl2N3O5S. The number of benzene rings is 2. The van der Waals surface area contributed by atoms with Gasteiger partial charge in [-0.1, -0.05) is 29.3 Å². The van der Waals surface area contributed by atoms with E-state index < -0.39 is 15.6 Å². The van der Waals surface area contributed by atoms with Crippen LogP contribution in [0, 0.1) is 13.8 Å². The van der Waals surface area contributed by atoms with Crippen LogP contribution in [0.25, 0.3) is 11.6 Å². The summed E-state index contributed by atoms with van der Waals surface area (Å²) in [5, 5.41) is 13.0. The van der Waals surface area contributed by atoms with E-state index in [2.05, 4.69) is 10.3 Å². The molecule has 2 aliphatic rings. The number of carbonyl (C=O) groups is 2. The summed E-state index contributed by atoms with van der Waals surface area (Å²) < 4.78 is 26.6. The fourth-order valence-corrected chi connectivity index (χ4v) is 7.39. The number of nitrogens with one attached hydrogen (secondary N) is 2. The zero-order valence-electron chi connectivity index (χ0n) is 21.3. The minimum Gasteiger partial charge on any atom is -0.394 e. The number of hydrogen-bond acceptors (Lipinski definition) is 5. The van der Waals surface area contributed by atoms with Gasteiger partial charge in [-0.2, -0.15) is 0 Å². The number of aliphatic hydroxyl groups excluding tert-OH is 1. The van der Waals surface area contributed by atoms with Gasteiger partial charge in [0.1, 0.15) is 0 Å². The average Bonchev–Trinajstić information content (AvgIpc) is 3.57. The van der Waals surface area contributed by atoms with Crippen molar-refractivity contribution < 1.29 is 23.1 Å². The van der Waals surface area contributed by atoms with Crippen LogP contribution in [0.2, 0.25) is 10.0 Å². The predicted molar refractivity (Wildman–Crippen MR) is 152 cm³/mol. The summed E-state index contributed by atoms with van der Waals surface area (Å²) in [6.07, 6.45) is 3.23. The normalized spacial score (nSPS) is 18.1. The van der Waals surface area contributed by atoms with Crippen LogP contribution in [0.5, 0.6) is 0 Å². The van der Waals surface area contributed by atoms with Crippen molar-refractivity contribution in [2.45, 2.75) is 43.4 Å². The Morgan fingerprint density at radius 1 is 1.18 bits per heavy atom. The van der Waals surface area contributed by atoms with Crippen LogP contribution >= 0.6 is 23.2 Å². The van der Waals surface area contributed by atoms with Crippen LogP contribution in [-0.4, -0.2) is 54.4 Å². The molecule has 0 unspecified atom stereocenters. The number of fused-ring (bicyclic) bond motifs is 1. The molecule has 0 aliphatic carbocycles. The summed E-state index contributed by atoms with van der Waals surface area (Å²) in [7, 11) is -3.85. The van der Waals surface area contributed by atoms with Crippen molar-refractivity contribution in [3.63, 3.8) is 0 Å². The lowest BCUT2D eigenvalue weighted by Gasteiger charge is -2.23. The first-order valence-corrected chi connectivity index (χ1v) is 14.9. The monoisotopic (exact) mass is 587 g/mol. The number of aryl methyl sites for hydroxylation is 1. The van der Waals surface area contributed by atoms with Gasteiger partial charge in [0.25, 0.3) is 11.8 Å². The Labute approximate surface area is 236 Å². The maximum absolute atomic E-state index is 13.3. The van der Waals surface area contributed by atoms with Crippen molar-refractivity contribution in [3.05, 3.63) is 80.1 Å². The van der Waals surface area contributed by atoms with Crippen LogP contribution in [-0.2, 0) is 20.4 Å². The van der Waals surface area contributed by atoms with E-state index in [9.17, 15) is 23.1 Å². The maximum Gasteiger partial charge on any atom is 0.256 e. The number of aromatic nitrogens is 1. The van der Waals surface area contributed by atoms with Crippen molar-refractivity contribution in [2.75, 3.05) is 18.5 Å². The van der Waals surface area contributed by atoms with Crippen LogP contribution in [0.15, 0.2) is 41.3 Å². The lowest BCUT2D eigenvalue weighted by Crippen LogP contribution is -2.38. The quantitative estimate of drug-likeness (QED) is 0.350. The van der Waals surface area contributed by atoms with Crippen molar-refractivity contribution in [3.8, 4) is 0 Å². The van der Waals surface area contributed by atoms with Gasteiger partial charge >= 0.3 is 0 Å². The number of carbonyl (C=O) groups excluding carboxylic acids is 2. The molecule has 0 saturated carbocycles. The first-order chi connectivity index (χ1) is 18.5. The van der Waals surface area contributed by atoms with Crippen LogP contribution < -0.4 is 5.32 Å². The third-order valence-electron chi connectivity index (χ3n) is 7.36. The summed E-state index contributed by atoms with van der Waals surface area (Å²) >= 11 is 12.4. The molecule has 1 saturated heterocycles. The van der Waals surface area contributed by atoms with Crippen molar-refractivity contribution in [1.82, 2.24) is 9.88 Å². The Morgan fingerprint density at radius 2 is 1.90 bits per heavy atom. The number of nitrogens with zero attached hydrogens (tertiary/aromatic N) is 1. The first kappa shape index (κ1) is 27.5. The molecule has 11 heteroatoms. The molecular weight excluding hydrogens is 561 g/mol. The second kappa shape index (κ2) is 10.5. The lowest BCUT2D eigenvalue weighted by atomic mass is 10.0. The number of likely N-dealkylation sites (tertiary alicyclic amines) is 1. The van der Waals surface area contributed by atoms with Gasteiger partial charge in [0, 0.05) is 44.8 Å².